The van der Waals surface area contributed by atoms with Crippen LogP contribution in [0.15, 0.2) is 103 Å². The second kappa shape index (κ2) is 8.48. The summed E-state index contributed by atoms with van der Waals surface area (Å²) in [6.45, 7) is 6.37. The van der Waals surface area contributed by atoms with E-state index in [0.717, 1.165) is 19.3 Å². The van der Waals surface area contributed by atoms with Crippen LogP contribution in [0.25, 0.3) is 5.57 Å². The molecule has 0 nitrogen and oxygen atoms in total. The minimum Gasteiger partial charge on any atom is -0.0999 e. The monoisotopic (exact) mass is 326 g/mol. The van der Waals surface area contributed by atoms with Gasteiger partial charge in [-0.15, -0.1) is 0 Å². The molecule has 0 radical (unpaired) electrons. The number of rotatable bonds is 6. The van der Waals surface area contributed by atoms with E-state index in [1.807, 2.05) is 0 Å². The van der Waals surface area contributed by atoms with Gasteiger partial charge in [0.25, 0.3) is 0 Å². The van der Waals surface area contributed by atoms with E-state index in [-0.39, 0.29) is 0 Å². The lowest BCUT2D eigenvalue weighted by atomic mass is 9.88. The average molecular weight is 326 g/mol. The lowest BCUT2D eigenvalue weighted by molar-refractivity contribution is 0.635. The molecule has 2 aromatic rings. The third kappa shape index (κ3) is 4.70. The minimum absolute atomic E-state index is 0.566. The Bertz CT molecular complexity index is 747. The largest absolute Gasteiger partial charge is 0.0999 e. The predicted octanol–water partition coefficient (Wildman–Crippen LogP) is 6.98. The van der Waals surface area contributed by atoms with Crippen molar-refractivity contribution in [3.05, 3.63) is 114 Å². The molecule has 0 saturated heterocycles. The highest BCUT2D eigenvalue weighted by Gasteiger charge is 2.11. The van der Waals surface area contributed by atoms with Gasteiger partial charge in [-0.25, -0.2) is 0 Å². The van der Waals surface area contributed by atoms with Gasteiger partial charge in [0.1, 0.15) is 0 Å². The first-order valence-electron chi connectivity index (χ1n) is 9.14. The summed E-state index contributed by atoms with van der Waals surface area (Å²) < 4.78 is 0. The average Bonchev–Trinajstić information content (AvgIpc) is 2.67. The second-order valence-electron chi connectivity index (χ2n) is 6.66. The molecule has 0 heterocycles. The Labute approximate surface area is 151 Å². The third-order valence-corrected chi connectivity index (χ3v) is 4.71. The van der Waals surface area contributed by atoms with Gasteiger partial charge in [-0.3, -0.25) is 0 Å². The molecule has 0 heteroatoms. The molecule has 3 rings (SSSR count). The molecule has 1 unspecified atom stereocenters. The number of hydrogen-bond donors (Lipinski definition) is 0. The Balaban J connectivity index is 1.95. The van der Waals surface area contributed by atoms with Crippen LogP contribution in [0.2, 0.25) is 0 Å². The Morgan fingerprint density at radius 2 is 1.60 bits per heavy atom. The van der Waals surface area contributed by atoms with Crippen molar-refractivity contribution in [2.75, 3.05) is 0 Å². The van der Waals surface area contributed by atoms with Crippen molar-refractivity contribution < 1.29 is 0 Å². The summed E-state index contributed by atoms with van der Waals surface area (Å²) in [6, 6.07) is 21.3. The van der Waals surface area contributed by atoms with Crippen molar-refractivity contribution in [1.29, 1.82) is 0 Å². The fourth-order valence-electron chi connectivity index (χ4n) is 3.26. The molecule has 0 aliphatic heterocycles. The molecule has 1 aliphatic carbocycles. The Kier molecular flexibility index (Phi) is 5.85. The molecule has 0 aromatic heterocycles. The predicted molar refractivity (Wildman–Crippen MR) is 109 cm³/mol. The van der Waals surface area contributed by atoms with E-state index >= 15 is 0 Å². The summed E-state index contributed by atoms with van der Waals surface area (Å²) in [6.07, 6.45) is 12.5. The first kappa shape index (κ1) is 17.2. The van der Waals surface area contributed by atoms with E-state index in [9.17, 15) is 0 Å². The molecule has 0 spiro atoms. The molecule has 126 valence electrons. The van der Waals surface area contributed by atoms with Crippen molar-refractivity contribution >= 4 is 5.57 Å². The van der Waals surface area contributed by atoms with Gasteiger partial charge in [0, 0.05) is 0 Å². The van der Waals surface area contributed by atoms with Crippen molar-refractivity contribution in [1.82, 2.24) is 0 Å². The standard InChI is InChI=1S/C25H26/c1-3-20(2)17-21-11-10-12-22(18-21)19-25(23-13-6-4-7-14-23)24-15-8-5-9-16-24/h4-10,12-16,18-19,21H,2-3,11,17H2,1H3. The number of hydrogen-bond acceptors (Lipinski definition) is 0. The topological polar surface area (TPSA) is 0 Å². The Morgan fingerprint density at radius 3 is 2.16 bits per heavy atom. The van der Waals surface area contributed by atoms with Gasteiger partial charge in [-0.05, 0) is 53.5 Å². The maximum absolute atomic E-state index is 4.18. The van der Waals surface area contributed by atoms with E-state index in [0.29, 0.717) is 5.92 Å². The van der Waals surface area contributed by atoms with Gasteiger partial charge in [0.2, 0.25) is 0 Å². The zero-order chi connectivity index (χ0) is 17.5. The SMILES string of the molecule is C=C(CC)CC1C=C(C=C(c2ccccc2)c2ccccc2)C=CC1. The summed E-state index contributed by atoms with van der Waals surface area (Å²) in [4.78, 5) is 0. The smallest absolute Gasteiger partial charge is 0.0106 e. The van der Waals surface area contributed by atoms with E-state index in [1.54, 1.807) is 0 Å². The highest BCUT2D eigenvalue weighted by molar-refractivity contribution is 5.82. The lowest BCUT2D eigenvalue weighted by Crippen LogP contribution is -2.01. The van der Waals surface area contributed by atoms with E-state index in [1.165, 1.54) is 27.8 Å². The quantitative estimate of drug-likeness (QED) is 0.502. The fourth-order valence-corrected chi connectivity index (χ4v) is 3.26. The zero-order valence-electron chi connectivity index (χ0n) is 15.0. The van der Waals surface area contributed by atoms with Crippen LogP contribution in [0.1, 0.15) is 37.3 Å². The van der Waals surface area contributed by atoms with Gasteiger partial charge < -0.3 is 0 Å². The van der Waals surface area contributed by atoms with Crippen LogP contribution in [0.4, 0.5) is 0 Å². The van der Waals surface area contributed by atoms with E-state index < -0.39 is 0 Å². The zero-order valence-corrected chi connectivity index (χ0v) is 15.0. The summed E-state index contributed by atoms with van der Waals surface area (Å²) in [5.41, 5.74) is 6.41. The maximum Gasteiger partial charge on any atom is -0.0106 e. The van der Waals surface area contributed by atoms with Crippen molar-refractivity contribution in [3.63, 3.8) is 0 Å². The lowest BCUT2D eigenvalue weighted by Gasteiger charge is -2.17. The van der Waals surface area contributed by atoms with Crippen molar-refractivity contribution in [3.8, 4) is 0 Å². The van der Waals surface area contributed by atoms with Crippen molar-refractivity contribution in [2.45, 2.75) is 26.2 Å². The van der Waals surface area contributed by atoms with Crippen LogP contribution in [-0.2, 0) is 0 Å². The van der Waals surface area contributed by atoms with Crippen LogP contribution in [-0.4, -0.2) is 0 Å². The summed E-state index contributed by atoms with van der Waals surface area (Å²) >= 11 is 0. The molecule has 0 bridgehead atoms. The summed E-state index contributed by atoms with van der Waals surface area (Å²) in [5.74, 6) is 0.566. The number of benzene rings is 2. The van der Waals surface area contributed by atoms with E-state index in [4.69, 9.17) is 0 Å². The molecule has 25 heavy (non-hydrogen) atoms. The van der Waals surface area contributed by atoms with E-state index in [2.05, 4.69) is 98.5 Å². The molecule has 0 saturated carbocycles. The van der Waals surface area contributed by atoms with Crippen molar-refractivity contribution in [2.24, 2.45) is 5.92 Å². The highest BCUT2D eigenvalue weighted by Crippen LogP contribution is 2.29. The van der Waals surface area contributed by atoms with Gasteiger partial charge >= 0.3 is 0 Å². The number of allylic oxidation sites excluding steroid dienone is 6. The van der Waals surface area contributed by atoms with Gasteiger partial charge in [-0.2, -0.15) is 0 Å². The molecular weight excluding hydrogens is 300 g/mol. The summed E-state index contributed by atoms with van der Waals surface area (Å²) in [7, 11) is 0. The van der Waals surface area contributed by atoms with Gasteiger partial charge in [0.05, 0.1) is 0 Å². The Hall–Kier alpha value is -2.60. The van der Waals surface area contributed by atoms with Crippen LogP contribution >= 0.6 is 0 Å². The first-order chi connectivity index (χ1) is 12.3. The van der Waals surface area contributed by atoms with Crippen LogP contribution in [0.3, 0.4) is 0 Å². The Morgan fingerprint density at radius 1 is 1.00 bits per heavy atom. The van der Waals surface area contributed by atoms with Gasteiger partial charge in [0.15, 0.2) is 0 Å². The van der Waals surface area contributed by atoms with Crippen LogP contribution in [0.5, 0.6) is 0 Å². The third-order valence-electron chi connectivity index (χ3n) is 4.71. The molecule has 2 aromatic carbocycles. The minimum atomic E-state index is 0.566. The van der Waals surface area contributed by atoms with Gasteiger partial charge in [-0.1, -0.05) is 98.0 Å². The fraction of sp³-hybridized carbons (Fsp3) is 0.200. The van der Waals surface area contributed by atoms with Crippen LogP contribution < -0.4 is 0 Å². The van der Waals surface area contributed by atoms with Crippen LogP contribution in [0, 0.1) is 5.92 Å². The first-order valence-corrected chi connectivity index (χ1v) is 9.14. The second-order valence-corrected chi connectivity index (χ2v) is 6.66. The molecular formula is C25H26. The summed E-state index contributed by atoms with van der Waals surface area (Å²) in [5, 5.41) is 0. The molecule has 1 atom stereocenters. The molecule has 0 fully saturated rings. The molecule has 0 N–H and O–H groups in total. The normalized spacial score (nSPS) is 16.2. The molecule has 0 amide bonds. The highest BCUT2D eigenvalue weighted by atomic mass is 14.2. The maximum atomic E-state index is 4.18. The molecule has 1 aliphatic rings.